The zero-order chi connectivity index (χ0) is 20.1. The Hall–Kier alpha value is -3.41. The van der Waals surface area contributed by atoms with Crippen LogP contribution in [0.3, 0.4) is 0 Å². The number of aryl methyl sites for hydroxylation is 2. The summed E-state index contributed by atoms with van der Waals surface area (Å²) in [6, 6.07) is 15.1. The molecule has 2 aromatic carbocycles. The van der Waals surface area contributed by atoms with Gasteiger partial charge in [0.1, 0.15) is 11.5 Å². The maximum Gasteiger partial charge on any atom is 0.344 e. The smallest absolute Gasteiger partial charge is 0.344 e. The Balaban J connectivity index is 0.000000176. The number of aromatic hydroxyl groups is 1. The van der Waals surface area contributed by atoms with E-state index in [4.69, 9.17) is 9.47 Å². The van der Waals surface area contributed by atoms with Crippen LogP contribution < -0.4 is 4.74 Å². The van der Waals surface area contributed by atoms with Gasteiger partial charge in [0, 0.05) is 33.2 Å². The Bertz CT molecular complexity index is 1090. The first-order chi connectivity index (χ1) is 13.5. The minimum Gasteiger partial charge on any atom is -0.507 e. The SMILES string of the molecule is CCOC(=O)COc1cccc2[nH]c(C)cc12.Cc1cc2c(O)cccc2[nH]1. The zero-order valence-electron chi connectivity index (χ0n) is 16.2. The van der Waals surface area contributed by atoms with Crippen LogP contribution in [0.1, 0.15) is 18.3 Å². The van der Waals surface area contributed by atoms with Crippen LogP contribution in [0.25, 0.3) is 21.8 Å². The summed E-state index contributed by atoms with van der Waals surface area (Å²) in [4.78, 5) is 17.6. The van der Waals surface area contributed by atoms with E-state index in [0.717, 1.165) is 33.2 Å². The number of benzene rings is 2. The lowest BCUT2D eigenvalue weighted by molar-refractivity contribution is -0.145. The minimum atomic E-state index is -0.350. The predicted molar refractivity (Wildman–Crippen MR) is 110 cm³/mol. The van der Waals surface area contributed by atoms with Crippen molar-refractivity contribution in [1.82, 2.24) is 9.97 Å². The number of phenols is 1. The molecule has 0 aliphatic carbocycles. The van der Waals surface area contributed by atoms with E-state index >= 15 is 0 Å². The molecule has 0 bridgehead atoms. The number of aromatic nitrogens is 2. The van der Waals surface area contributed by atoms with Crippen molar-refractivity contribution in [3.8, 4) is 11.5 Å². The molecule has 0 radical (unpaired) electrons. The van der Waals surface area contributed by atoms with Crippen LogP contribution in [0.4, 0.5) is 0 Å². The first kappa shape index (κ1) is 19.4. The fourth-order valence-electron chi connectivity index (χ4n) is 3.01. The minimum absolute atomic E-state index is 0.0584. The van der Waals surface area contributed by atoms with Crippen molar-refractivity contribution in [3.05, 3.63) is 59.9 Å². The zero-order valence-corrected chi connectivity index (χ0v) is 16.2. The van der Waals surface area contributed by atoms with Crippen LogP contribution in [0, 0.1) is 13.8 Å². The lowest BCUT2D eigenvalue weighted by atomic mass is 10.2. The molecule has 0 aliphatic heterocycles. The second kappa shape index (κ2) is 8.52. The topological polar surface area (TPSA) is 87.3 Å². The van der Waals surface area contributed by atoms with Crippen LogP contribution >= 0.6 is 0 Å². The van der Waals surface area contributed by atoms with Crippen molar-refractivity contribution in [3.63, 3.8) is 0 Å². The summed E-state index contributed by atoms with van der Waals surface area (Å²) >= 11 is 0. The van der Waals surface area contributed by atoms with Gasteiger partial charge in [0.05, 0.1) is 6.61 Å². The van der Waals surface area contributed by atoms with E-state index in [-0.39, 0.29) is 12.6 Å². The van der Waals surface area contributed by atoms with Gasteiger partial charge in [-0.05, 0) is 57.2 Å². The van der Waals surface area contributed by atoms with E-state index in [1.165, 1.54) is 0 Å². The number of fused-ring (bicyclic) bond motifs is 2. The number of nitrogens with one attached hydrogen (secondary N) is 2. The molecule has 146 valence electrons. The third kappa shape index (κ3) is 4.46. The molecular weight excluding hydrogens is 356 g/mol. The number of carbonyl (C=O) groups excluding carboxylic acids is 1. The van der Waals surface area contributed by atoms with Gasteiger partial charge in [-0.3, -0.25) is 0 Å². The molecular formula is C22H24N2O4. The molecule has 2 aromatic heterocycles. The molecule has 0 atom stereocenters. The van der Waals surface area contributed by atoms with Gasteiger partial charge < -0.3 is 24.5 Å². The summed E-state index contributed by atoms with van der Waals surface area (Å²) in [5, 5.41) is 11.2. The quantitative estimate of drug-likeness (QED) is 0.452. The number of aromatic amines is 2. The standard InChI is InChI=1S/C13H15NO3.C9H9NO/c1-3-16-13(15)8-17-12-6-4-5-11-10(12)7-9(2)14-11;1-6-5-7-8(10-6)3-2-4-9(7)11/h4-7,14H,3,8H2,1-2H3;2-5,10-11H,1H3. The average Bonchev–Trinajstić information content (AvgIpc) is 3.23. The number of H-pyrrole nitrogens is 2. The highest BCUT2D eigenvalue weighted by Crippen LogP contribution is 2.26. The Kier molecular flexibility index (Phi) is 5.89. The van der Waals surface area contributed by atoms with Crippen LogP contribution in [0.5, 0.6) is 11.5 Å². The Morgan fingerprint density at radius 3 is 2.21 bits per heavy atom. The van der Waals surface area contributed by atoms with Gasteiger partial charge in [-0.2, -0.15) is 0 Å². The maximum absolute atomic E-state index is 11.2. The van der Waals surface area contributed by atoms with Crippen molar-refractivity contribution in [2.24, 2.45) is 0 Å². The second-order valence-electron chi connectivity index (χ2n) is 6.45. The number of phenolic OH excluding ortho intramolecular Hbond substituents is 1. The first-order valence-corrected chi connectivity index (χ1v) is 9.12. The van der Waals surface area contributed by atoms with Gasteiger partial charge in [-0.15, -0.1) is 0 Å². The molecule has 6 nitrogen and oxygen atoms in total. The number of carbonyl (C=O) groups is 1. The van der Waals surface area contributed by atoms with Crippen molar-refractivity contribution in [2.75, 3.05) is 13.2 Å². The van der Waals surface area contributed by atoms with E-state index in [2.05, 4.69) is 9.97 Å². The van der Waals surface area contributed by atoms with Crippen LogP contribution in [0.15, 0.2) is 48.5 Å². The highest BCUT2D eigenvalue weighted by molar-refractivity contribution is 5.87. The normalized spacial score (nSPS) is 10.5. The fourth-order valence-corrected chi connectivity index (χ4v) is 3.01. The average molecular weight is 380 g/mol. The summed E-state index contributed by atoms with van der Waals surface area (Å²) in [5.41, 5.74) is 4.13. The molecule has 4 rings (SSSR count). The summed E-state index contributed by atoms with van der Waals surface area (Å²) < 4.78 is 10.3. The number of rotatable bonds is 4. The number of esters is 1. The third-order valence-electron chi connectivity index (χ3n) is 4.19. The Labute approximate surface area is 163 Å². The van der Waals surface area contributed by atoms with E-state index < -0.39 is 0 Å². The van der Waals surface area contributed by atoms with Gasteiger partial charge in [-0.1, -0.05) is 12.1 Å². The maximum atomic E-state index is 11.2. The van der Waals surface area contributed by atoms with Gasteiger partial charge in [0.25, 0.3) is 0 Å². The Morgan fingerprint density at radius 2 is 1.57 bits per heavy atom. The molecule has 0 aliphatic rings. The van der Waals surface area contributed by atoms with Crippen LogP contribution in [-0.2, 0) is 9.53 Å². The highest BCUT2D eigenvalue weighted by Gasteiger charge is 2.07. The number of hydrogen-bond acceptors (Lipinski definition) is 4. The lowest BCUT2D eigenvalue weighted by Gasteiger charge is -2.06. The molecule has 6 heteroatoms. The lowest BCUT2D eigenvalue weighted by Crippen LogP contribution is -2.14. The first-order valence-electron chi connectivity index (χ1n) is 9.12. The highest BCUT2D eigenvalue weighted by atomic mass is 16.6. The summed E-state index contributed by atoms with van der Waals surface area (Å²) in [7, 11) is 0. The van der Waals surface area contributed by atoms with Crippen molar-refractivity contribution >= 4 is 27.8 Å². The molecule has 28 heavy (non-hydrogen) atoms. The summed E-state index contributed by atoms with van der Waals surface area (Å²) in [6.45, 7) is 6.04. The molecule has 4 aromatic rings. The van der Waals surface area contributed by atoms with Crippen molar-refractivity contribution in [2.45, 2.75) is 20.8 Å². The van der Waals surface area contributed by atoms with E-state index in [1.807, 2.05) is 56.3 Å². The number of hydrogen-bond donors (Lipinski definition) is 3. The molecule has 0 fully saturated rings. The second-order valence-corrected chi connectivity index (χ2v) is 6.45. The van der Waals surface area contributed by atoms with Crippen molar-refractivity contribution < 1.29 is 19.4 Å². The van der Waals surface area contributed by atoms with Gasteiger partial charge in [0.2, 0.25) is 0 Å². The third-order valence-corrected chi connectivity index (χ3v) is 4.19. The molecule has 3 N–H and O–H groups in total. The molecule has 0 spiro atoms. The van der Waals surface area contributed by atoms with Crippen LogP contribution in [-0.4, -0.2) is 34.3 Å². The largest absolute Gasteiger partial charge is 0.507 e. The van der Waals surface area contributed by atoms with Gasteiger partial charge in [-0.25, -0.2) is 4.79 Å². The van der Waals surface area contributed by atoms with E-state index in [1.54, 1.807) is 13.0 Å². The summed E-state index contributed by atoms with van der Waals surface area (Å²) in [5.74, 6) is 0.684. The number of ether oxygens (including phenoxy) is 2. The molecule has 0 saturated heterocycles. The van der Waals surface area contributed by atoms with E-state index in [9.17, 15) is 9.90 Å². The molecule has 0 amide bonds. The molecule has 0 saturated carbocycles. The van der Waals surface area contributed by atoms with Gasteiger partial charge >= 0.3 is 5.97 Å². The Morgan fingerprint density at radius 1 is 0.964 bits per heavy atom. The van der Waals surface area contributed by atoms with E-state index in [0.29, 0.717) is 18.1 Å². The summed E-state index contributed by atoms with van der Waals surface area (Å²) in [6.07, 6.45) is 0. The monoisotopic (exact) mass is 380 g/mol. The predicted octanol–water partition coefficient (Wildman–Crippen LogP) is 4.60. The molecule has 0 unspecified atom stereocenters. The molecule has 2 heterocycles. The van der Waals surface area contributed by atoms with Crippen molar-refractivity contribution in [1.29, 1.82) is 0 Å². The van der Waals surface area contributed by atoms with Crippen LogP contribution in [0.2, 0.25) is 0 Å². The fraction of sp³-hybridized carbons (Fsp3) is 0.227. The van der Waals surface area contributed by atoms with Gasteiger partial charge in [0.15, 0.2) is 6.61 Å².